The smallest absolute Gasteiger partial charge is 0.231 e. The average Bonchev–Trinajstić information content (AvgIpc) is 2.96. The molecule has 138 valence electrons. The number of nitrogens with zero attached hydrogens (tertiary/aromatic N) is 2. The van der Waals surface area contributed by atoms with E-state index in [4.69, 9.17) is 9.47 Å². The number of fused-ring (bicyclic) bond motifs is 1. The molecule has 0 radical (unpaired) electrons. The lowest BCUT2D eigenvalue weighted by Crippen LogP contribution is -2.33. The molecule has 2 aliphatic heterocycles. The van der Waals surface area contributed by atoms with Crippen LogP contribution in [-0.2, 0) is 0 Å². The molecule has 0 spiro atoms. The van der Waals surface area contributed by atoms with Gasteiger partial charge in [-0.05, 0) is 48.4 Å². The van der Waals surface area contributed by atoms with Gasteiger partial charge in [0.2, 0.25) is 6.79 Å². The third kappa shape index (κ3) is 3.50. The molecule has 2 aromatic carbocycles. The molecule has 1 atom stereocenters. The molecule has 26 heavy (non-hydrogen) atoms. The fourth-order valence-corrected chi connectivity index (χ4v) is 3.78. The fourth-order valence-electron chi connectivity index (χ4n) is 3.78. The van der Waals surface area contributed by atoms with Crippen LogP contribution in [0.1, 0.15) is 23.6 Å². The van der Waals surface area contributed by atoms with Crippen LogP contribution in [0.25, 0.3) is 0 Å². The largest absolute Gasteiger partial charge is 0.454 e. The second-order valence-electron chi connectivity index (χ2n) is 7.14. The summed E-state index contributed by atoms with van der Waals surface area (Å²) in [6, 6.07) is 15.5. The number of hydrogen-bond donors (Lipinski definition) is 1. The molecule has 5 heteroatoms. The van der Waals surface area contributed by atoms with E-state index in [2.05, 4.69) is 65.6 Å². The Hall–Kier alpha value is -2.24. The number of benzene rings is 2. The lowest BCUT2D eigenvalue weighted by atomic mass is 9.96. The minimum atomic E-state index is 0.223. The molecular weight excluding hydrogens is 326 g/mol. The quantitative estimate of drug-likeness (QED) is 0.915. The highest BCUT2D eigenvalue weighted by atomic mass is 16.7. The maximum absolute atomic E-state index is 5.63. The van der Waals surface area contributed by atoms with Crippen molar-refractivity contribution in [3.63, 3.8) is 0 Å². The molecule has 0 saturated carbocycles. The maximum Gasteiger partial charge on any atom is 0.231 e. The molecule has 5 nitrogen and oxygen atoms in total. The Morgan fingerprint density at radius 2 is 1.69 bits per heavy atom. The predicted molar refractivity (Wildman–Crippen MR) is 104 cm³/mol. The Labute approximate surface area is 155 Å². The lowest BCUT2D eigenvalue weighted by molar-refractivity contribution is 0.173. The van der Waals surface area contributed by atoms with E-state index in [1.54, 1.807) is 0 Å². The van der Waals surface area contributed by atoms with Gasteiger partial charge in [0.1, 0.15) is 0 Å². The zero-order chi connectivity index (χ0) is 17.9. The monoisotopic (exact) mass is 353 g/mol. The van der Waals surface area contributed by atoms with Crippen LogP contribution in [0.3, 0.4) is 0 Å². The van der Waals surface area contributed by atoms with Crippen molar-refractivity contribution >= 4 is 5.69 Å². The third-order valence-corrected chi connectivity index (χ3v) is 5.18. The van der Waals surface area contributed by atoms with E-state index in [9.17, 15) is 0 Å². The van der Waals surface area contributed by atoms with Crippen LogP contribution in [0.2, 0.25) is 0 Å². The standard InChI is InChI=1S/C21H27N3O2/c1-23(2)18-7-4-16(5-8-18)21(24-12-3-10-22-11-13-24)17-6-9-19-20(14-17)26-15-25-19/h4-9,14,21-22H,3,10-13,15H2,1-2H3. The minimum Gasteiger partial charge on any atom is -0.454 e. The van der Waals surface area contributed by atoms with Crippen LogP contribution < -0.4 is 19.7 Å². The second kappa shape index (κ2) is 7.56. The van der Waals surface area contributed by atoms with Gasteiger partial charge < -0.3 is 19.7 Å². The lowest BCUT2D eigenvalue weighted by Gasteiger charge is -2.31. The highest BCUT2D eigenvalue weighted by Gasteiger charge is 2.25. The summed E-state index contributed by atoms with van der Waals surface area (Å²) in [5, 5.41) is 3.51. The molecule has 1 unspecified atom stereocenters. The minimum absolute atomic E-state index is 0.223. The number of hydrogen-bond acceptors (Lipinski definition) is 5. The number of nitrogens with one attached hydrogen (secondary N) is 1. The first-order chi connectivity index (χ1) is 12.7. The first-order valence-electron chi connectivity index (χ1n) is 9.34. The maximum atomic E-state index is 5.63. The van der Waals surface area contributed by atoms with Gasteiger partial charge in [-0.2, -0.15) is 0 Å². The predicted octanol–water partition coefficient (Wildman–Crippen LogP) is 2.87. The van der Waals surface area contributed by atoms with Crippen LogP contribution in [0.4, 0.5) is 5.69 Å². The number of anilines is 1. The Bertz CT molecular complexity index is 737. The van der Waals surface area contributed by atoms with Gasteiger partial charge in [-0.1, -0.05) is 18.2 Å². The van der Waals surface area contributed by atoms with Crippen molar-refractivity contribution in [2.75, 3.05) is 52.0 Å². The van der Waals surface area contributed by atoms with Crippen molar-refractivity contribution in [2.24, 2.45) is 0 Å². The summed E-state index contributed by atoms with van der Waals surface area (Å²) in [6.07, 6.45) is 1.16. The first kappa shape index (κ1) is 17.2. The van der Waals surface area contributed by atoms with Crippen LogP contribution >= 0.6 is 0 Å². The summed E-state index contributed by atoms with van der Waals surface area (Å²) < 4.78 is 11.1. The Kier molecular flexibility index (Phi) is 5.00. The van der Waals surface area contributed by atoms with Gasteiger partial charge in [0.05, 0.1) is 6.04 Å². The zero-order valence-corrected chi connectivity index (χ0v) is 15.6. The van der Waals surface area contributed by atoms with Crippen molar-refractivity contribution in [3.05, 3.63) is 53.6 Å². The van der Waals surface area contributed by atoms with Gasteiger partial charge in [0.15, 0.2) is 11.5 Å². The summed E-state index contributed by atoms with van der Waals surface area (Å²) in [5.74, 6) is 1.69. The van der Waals surface area contributed by atoms with E-state index in [1.807, 2.05) is 6.07 Å². The molecule has 2 heterocycles. The van der Waals surface area contributed by atoms with Crippen molar-refractivity contribution in [1.82, 2.24) is 10.2 Å². The van der Waals surface area contributed by atoms with Gasteiger partial charge in [-0.15, -0.1) is 0 Å². The average molecular weight is 353 g/mol. The first-order valence-corrected chi connectivity index (χ1v) is 9.34. The van der Waals surface area contributed by atoms with Crippen LogP contribution in [0.5, 0.6) is 11.5 Å². The molecule has 0 amide bonds. The van der Waals surface area contributed by atoms with Gasteiger partial charge in [0, 0.05) is 39.4 Å². The molecule has 0 aliphatic carbocycles. The van der Waals surface area contributed by atoms with E-state index in [0.29, 0.717) is 6.79 Å². The summed E-state index contributed by atoms with van der Waals surface area (Å²) in [5.41, 5.74) is 3.79. The highest BCUT2D eigenvalue weighted by Crippen LogP contribution is 2.38. The molecule has 4 rings (SSSR count). The third-order valence-electron chi connectivity index (χ3n) is 5.18. The summed E-state index contributed by atoms with van der Waals surface area (Å²) in [6.45, 7) is 4.55. The SMILES string of the molecule is CN(C)c1ccc(C(c2ccc3c(c2)OCO3)N2CCCNCC2)cc1. The molecule has 1 fully saturated rings. The van der Waals surface area contributed by atoms with E-state index in [-0.39, 0.29) is 6.04 Å². The van der Waals surface area contributed by atoms with E-state index in [1.165, 1.54) is 16.8 Å². The summed E-state index contributed by atoms with van der Waals surface area (Å²) in [4.78, 5) is 4.71. The van der Waals surface area contributed by atoms with Gasteiger partial charge in [-0.3, -0.25) is 4.90 Å². The van der Waals surface area contributed by atoms with Gasteiger partial charge >= 0.3 is 0 Å². The topological polar surface area (TPSA) is 37.0 Å². The van der Waals surface area contributed by atoms with Crippen LogP contribution in [0.15, 0.2) is 42.5 Å². The summed E-state index contributed by atoms with van der Waals surface area (Å²) in [7, 11) is 4.15. The normalized spacial score (nSPS) is 18.4. The second-order valence-corrected chi connectivity index (χ2v) is 7.14. The highest BCUT2D eigenvalue weighted by molar-refractivity contribution is 5.50. The van der Waals surface area contributed by atoms with E-state index < -0.39 is 0 Å². The number of ether oxygens (including phenoxy) is 2. The van der Waals surface area contributed by atoms with Gasteiger partial charge in [-0.25, -0.2) is 0 Å². The van der Waals surface area contributed by atoms with Crippen molar-refractivity contribution in [3.8, 4) is 11.5 Å². The molecule has 1 saturated heterocycles. The molecular formula is C21H27N3O2. The molecule has 0 bridgehead atoms. The van der Waals surface area contributed by atoms with E-state index in [0.717, 1.165) is 44.1 Å². The van der Waals surface area contributed by atoms with Crippen molar-refractivity contribution in [2.45, 2.75) is 12.5 Å². The fraction of sp³-hybridized carbons (Fsp3) is 0.429. The molecule has 1 N–H and O–H groups in total. The Morgan fingerprint density at radius 1 is 0.923 bits per heavy atom. The summed E-state index contributed by atoms with van der Waals surface area (Å²) >= 11 is 0. The molecule has 0 aromatic heterocycles. The zero-order valence-electron chi connectivity index (χ0n) is 15.6. The van der Waals surface area contributed by atoms with Crippen LogP contribution in [0, 0.1) is 0 Å². The molecule has 2 aliphatic rings. The Balaban J connectivity index is 1.71. The molecule has 2 aromatic rings. The Morgan fingerprint density at radius 3 is 2.50 bits per heavy atom. The van der Waals surface area contributed by atoms with E-state index >= 15 is 0 Å². The van der Waals surface area contributed by atoms with Crippen molar-refractivity contribution < 1.29 is 9.47 Å². The van der Waals surface area contributed by atoms with Gasteiger partial charge in [0.25, 0.3) is 0 Å². The number of rotatable bonds is 4. The van der Waals surface area contributed by atoms with Crippen LogP contribution in [-0.4, -0.2) is 52.0 Å². The van der Waals surface area contributed by atoms with Crippen molar-refractivity contribution in [1.29, 1.82) is 0 Å².